The minimum Gasteiger partial charge on any atom is -0.488 e. The predicted molar refractivity (Wildman–Crippen MR) is 140 cm³/mol. The molecule has 0 bridgehead atoms. The first kappa shape index (κ1) is 27.5. The largest absolute Gasteiger partial charge is 0.488 e. The van der Waals surface area contributed by atoms with Gasteiger partial charge in [-0.1, -0.05) is 46.9 Å². The lowest BCUT2D eigenvalue weighted by Gasteiger charge is -2.29. The summed E-state index contributed by atoms with van der Waals surface area (Å²) in [6.07, 6.45) is 0. The molecule has 0 unspecified atom stereocenters. The van der Waals surface area contributed by atoms with Gasteiger partial charge in [0.15, 0.2) is 11.6 Å². The Balaban J connectivity index is 0.000000658. The van der Waals surface area contributed by atoms with Gasteiger partial charge in [0.1, 0.15) is 12.4 Å². The van der Waals surface area contributed by atoms with Crippen molar-refractivity contribution in [3.05, 3.63) is 75.2 Å². The third-order valence-electron chi connectivity index (χ3n) is 4.80. The number of aromatic nitrogens is 1. The third-order valence-corrected chi connectivity index (χ3v) is 7.45. The van der Waals surface area contributed by atoms with E-state index >= 15 is 0 Å². The van der Waals surface area contributed by atoms with Crippen LogP contribution in [0.15, 0.2) is 59.5 Å². The normalized spacial score (nSPS) is 12.4. The topological polar surface area (TPSA) is 118 Å². The Hall–Kier alpha value is -3.05. The standard InChI is InChI=1S/C20H14Cl3N3O4S.C3H7NO/c21-12-3-1-4-13(11-12)31(28,29)26-9-10-30-16-7-8-17(24-19(16)26)25-20(27)18-14(22)5-2-6-15(18)23;1-3(5)4-2/h1-8,11H,9-10H2,(H,24,25,27);1-2H3,(H,4,5). The second-order valence-corrected chi connectivity index (χ2v) is 10.4. The lowest BCUT2D eigenvalue weighted by molar-refractivity contribution is -0.118. The first-order chi connectivity index (χ1) is 17.0. The molecule has 0 saturated heterocycles. The van der Waals surface area contributed by atoms with Crippen LogP contribution in [0.1, 0.15) is 17.3 Å². The molecule has 2 amide bonds. The molecule has 0 spiro atoms. The summed E-state index contributed by atoms with van der Waals surface area (Å²) in [5, 5.41) is 5.63. The number of anilines is 2. The first-order valence-electron chi connectivity index (χ1n) is 10.4. The highest BCUT2D eigenvalue weighted by molar-refractivity contribution is 7.92. The number of ether oxygens (including phenoxy) is 1. The summed E-state index contributed by atoms with van der Waals surface area (Å²) in [5.41, 5.74) is 0.0880. The van der Waals surface area contributed by atoms with E-state index < -0.39 is 15.9 Å². The zero-order chi connectivity index (χ0) is 26.5. The van der Waals surface area contributed by atoms with Gasteiger partial charge in [-0.3, -0.25) is 9.59 Å². The molecule has 13 heteroatoms. The highest BCUT2D eigenvalue weighted by Crippen LogP contribution is 2.35. The van der Waals surface area contributed by atoms with Gasteiger partial charge in [-0.15, -0.1) is 0 Å². The molecule has 9 nitrogen and oxygen atoms in total. The molecule has 0 atom stereocenters. The highest BCUT2D eigenvalue weighted by atomic mass is 35.5. The Kier molecular flexibility index (Phi) is 9.02. The van der Waals surface area contributed by atoms with Crippen LogP contribution < -0.4 is 19.7 Å². The van der Waals surface area contributed by atoms with Crippen molar-refractivity contribution in [1.29, 1.82) is 0 Å². The van der Waals surface area contributed by atoms with E-state index in [0.29, 0.717) is 5.02 Å². The third kappa shape index (κ3) is 6.38. The fraction of sp³-hybridized carbons (Fsp3) is 0.174. The first-order valence-corrected chi connectivity index (χ1v) is 13.0. The summed E-state index contributed by atoms with van der Waals surface area (Å²) in [4.78, 5) is 26.7. The van der Waals surface area contributed by atoms with E-state index in [0.717, 1.165) is 4.31 Å². The molecular formula is C23H21Cl3N4O5S. The number of pyridine rings is 1. The number of carbonyl (C=O) groups excluding carboxylic acids is 2. The minimum absolute atomic E-state index is 0.00463. The molecule has 0 aliphatic carbocycles. The molecule has 190 valence electrons. The van der Waals surface area contributed by atoms with E-state index in [9.17, 15) is 18.0 Å². The van der Waals surface area contributed by atoms with E-state index in [2.05, 4.69) is 15.6 Å². The number of benzene rings is 2. The summed E-state index contributed by atoms with van der Waals surface area (Å²) in [6, 6.07) is 13.7. The molecule has 0 radical (unpaired) electrons. The van der Waals surface area contributed by atoms with Crippen molar-refractivity contribution in [2.45, 2.75) is 11.8 Å². The molecule has 2 aromatic carbocycles. The van der Waals surface area contributed by atoms with Crippen LogP contribution in [0.5, 0.6) is 5.75 Å². The molecule has 36 heavy (non-hydrogen) atoms. The van der Waals surface area contributed by atoms with Crippen LogP contribution in [0.3, 0.4) is 0 Å². The van der Waals surface area contributed by atoms with E-state index in [4.69, 9.17) is 39.5 Å². The van der Waals surface area contributed by atoms with Crippen molar-refractivity contribution in [1.82, 2.24) is 10.3 Å². The van der Waals surface area contributed by atoms with Crippen molar-refractivity contribution in [2.24, 2.45) is 0 Å². The predicted octanol–water partition coefficient (Wildman–Crippen LogP) is 4.63. The number of sulfonamides is 1. The molecule has 3 aromatic rings. The lowest BCUT2D eigenvalue weighted by atomic mass is 10.2. The van der Waals surface area contributed by atoms with Crippen molar-refractivity contribution in [3.63, 3.8) is 0 Å². The van der Waals surface area contributed by atoms with Crippen molar-refractivity contribution >= 4 is 68.3 Å². The van der Waals surface area contributed by atoms with Gasteiger partial charge in [-0.05, 0) is 42.5 Å². The Morgan fingerprint density at radius 2 is 1.67 bits per heavy atom. The number of hydrogen-bond donors (Lipinski definition) is 2. The van der Waals surface area contributed by atoms with Gasteiger partial charge in [0, 0.05) is 19.0 Å². The van der Waals surface area contributed by atoms with Crippen LogP contribution in [0.2, 0.25) is 15.1 Å². The summed E-state index contributed by atoms with van der Waals surface area (Å²) < 4.78 is 33.1. The minimum atomic E-state index is -3.96. The molecule has 1 aromatic heterocycles. The zero-order valence-electron chi connectivity index (χ0n) is 19.1. The van der Waals surface area contributed by atoms with Gasteiger partial charge in [0.2, 0.25) is 5.91 Å². The van der Waals surface area contributed by atoms with E-state index in [-0.39, 0.29) is 56.9 Å². The number of carbonyl (C=O) groups is 2. The fourth-order valence-corrected chi connectivity index (χ4v) is 5.30. The number of hydrogen-bond acceptors (Lipinski definition) is 6. The number of fused-ring (bicyclic) bond motifs is 1. The van der Waals surface area contributed by atoms with E-state index in [1.54, 1.807) is 25.2 Å². The SMILES string of the molecule is CNC(C)=O.O=C(Nc1ccc2c(n1)N(S(=O)(=O)c1cccc(Cl)c1)CCO2)c1c(Cl)cccc1Cl. The highest BCUT2D eigenvalue weighted by Gasteiger charge is 2.32. The second-order valence-electron chi connectivity index (χ2n) is 7.26. The van der Waals surface area contributed by atoms with Crippen LogP contribution in [-0.4, -0.2) is 45.4 Å². The molecule has 2 heterocycles. The number of nitrogens with zero attached hydrogens (tertiary/aromatic N) is 2. The van der Waals surface area contributed by atoms with Gasteiger partial charge in [0.25, 0.3) is 15.9 Å². The average molecular weight is 572 g/mol. The van der Waals surface area contributed by atoms with Gasteiger partial charge < -0.3 is 15.4 Å². The van der Waals surface area contributed by atoms with Crippen molar-refractivity contribution < 1.29 is 22.7 Å². The lowest BCUT2D eigenvalue weighted by Crippen LogP contribution is -2.38. The van der Waals surface area contributed by atoms with Gasteiger partial charge in [0.05, 0.1) is 27.0 Å². The van der Waals surface area contributed by atoms with Crippen molar-refractivity contribution in [2.75, 3.05) is 29.8 Å². The molecule has 0 fully saturated rings. The summed E-state index contributed by atoms with van der Waals surface area (Å²) >= 11 is 18.1. The van der Waals surface area contributed by atoms with Crippen LogP contribution in [0, 0.1) is 0 Å². The average Bonchev–Trinajstić information content (AvgIpc) is 2.84. The maximum Gasteiger partial charge on any atom is 0.265 e. The maximum absolute atomic E-state index is 13.2. The molecule has 2 N–H and O–H groups in total. The summed E-state index contributed by atoms with van der Waals surface area (Å²) in [6.45, 7) is 1.66. The number of rotatable bonds is 4. The zero-order valence-corrected chi connectivity index (χ0v) is 22.2. The van der Waals surface area contributed by atoms with Crippen molar-refractivity contribution in [3.8, 4) is 5.75 Å². The Labute approximate surface area is 223 Å². The number of nitrogens with one attached hydrogen (secondary N) is 2. The maximum atomic E-state index is 13.2. The number of halogens is 3. The van der Waals surface area contributed by atoms with Gasteiger partial charge in [-0.25, -0.2) is 17.7 Å². The van der Waals surface area contributed by atoms with Crippen LogP contribution >= 0.6 is 34.8 Å². The summed E-state index contributed by atoms with van der Waals surface area (Å²) in [5.74, 6) is -0.148. The molecular weight excluding hydrogens is 551 g/mol. The second kappa shape index (κ2) is 11.8. The Bertz CT molecular complexity index is 1380. The fourth-order valence-electron chi connectivity index (χ4n) is 3.02. The smallest absolute Gasteiger partial charge is 0.265 e. The molecule has 1 aliphatic heterocycles. The number of amides is 2. The molecule has 0 saturated carbocycles. The van der Waals surface area contributed by atoms with Gasteiger partial charge >= 0.3 is 0 Å². The van der Waals surface area contributed by atoms with Crippen LogP contribution in [0.25, 0.3) is 0 Å². The van der Waals surface area contributed by atoms with E-state index in [1.807, 2.05) is 0 Å². The summed E-state index contributed by atoms with van der Waals surface area (Å²) in [7, 11) is -2.36. The molecule has 4 rings (SSSR count). The monoisotopic (exact) mass is 570 g/mol. The van der Waals surface area contributed by atoms with Crippen LogP contribution in [-0.2, 0) is 14.8 Å². The van der Waals surface area contributed by atoms with E-state index in [1.165, 1.54) is 43.3 Å². The Morgan fingerprint density at radius 1 is 1.03 bits per heavy atom. The molecule has 1 aliphatic rings. The quantitative estimate of drug-likeness (QED) is 0.471. The van der Waals surface area contributed by atoms with Gasteiger partial charge in [-0.2, -0.15) is 0 Å². The van der Waals surface area contributed by atoms with Crippen LogP contribution in [0.4, 0.5) is 11.6 Å². The Morgan fingerprint density at radius 3 is 2.28 bits per heavy atom.